The molecule has 3 nitrogen and oxygen atoms in total. The van der Waals surface area contributed by atoms with Crippen LogP contribution >= 0.6 is 0 Å². The molecule has 0 bridgehead atoms. The van der Waals surface area contributed by atoms with E-state index >= 15 is 0 Å². The molecule has 0 aliphatic carbocycles. The summed E-state index contributed by atoms with van der Waals surface area (Å²) in [4.78, 5) is 2.02. The molecule has 4 heteroatoms. The second-order valence-electron chi connectivity index (χ2n) is 4.41. The van der Waals surface area contributed by atoms with Gasteiger partial charge in [-0.05, 0) is 29.8 Å². The second kappa shape index (κ2) is 5.61. The quantitative estimate of drug-likeness (QED) is 0.859. The van der Waals surface area contributed by atoms with Crippen molar-refractivity contribution in [1.82, 2.24) is 0 Å². The van der Waals surface area contributed by atoms with Crippen LogP contribution in [0.1, 0.15) is 5.56 Å². The van der Waals surface area contributed by atoms with Gasteiger partial charge in [0.25, 0.3) is 0 Å². The number of rotatable bonds is 4. The van der Waals surface area contributed by atoms with Crippen LogP contribution in [0.5, 0.6) is 5.75 Å². The summed E-state index contributed by atoms with van der Waals surface area (Å²) in [6.07, 6.45) is 0. The van der Waals surface area contributed by atoms with Crippen molar-refractivity contribution in [1.29, 1.82) is 0 Å². The maximum Gasteiger partial charge on any atom is 0.123 e. The predicted molar refractivity (Wildman–Crippen MR) is 75.9 cm³/mol. The van der Waals surface area contributed by atoms with E-state index < -0.39 is 0 Å². The molecule has 2 aromatic carbocycles. The van der Waals surface area contributed by atoms with Gasteiger partial charge in [-0.1, -0.05) is 12.1 Å². The highest BCUT2D eigenvalue weighted by molar-refractivity contribution is 5.69. The molecule has 0 aromatic heterocycles. The lowest BCUT2D eigenvalue weighted by Crippen LogP contribution is -2.17. The Labute approximate surface area is 112 Å². The first kappa shape index (κ1) is 13.2. The van der Waals surface area contributed by atoms with Crippen LogP contribution in [0.2, 0.25) is 0 Å². The van der Waals surface area contributed by atoms with E-state index in [1.54, 1.807) is 25.3 Å². The van der Waals surface area contributed by atoms with Crippen molar-refractivity contribution in [3.63, 3.8) is 0 Å². The van der Waals surface area contributed by atoms with E-state index in [1.165, 1.54) is 12.1 Å². The minimum absolute atomic E-state index is 0.227. The normalized spacial score (nSPS) is 10.3. The summed E-state index contributed by atoms with van der Waals surface area (Å²) in [7, 11) is 3.55. The van der Waals surface area contributed by atoms with E-state index in [0.29, 0.717) is 12.2 Å². The number of hydrogen-bond donors (Lipinski definition) is 1. The van der Waals surface area contributed by atoms with Gasteiger partial charge in [-0.25, -0.2) is 4.39 Å². The van der Waals surface area contributed by atoms with Crippen molar-refractivity contribution in [2.24, 2.45) is 0 Å². The SMILES string of the molecule is COc1ccc(N(C)Cc2ccc(F)cc2)c(N)c1. The van der Waals surface area contributed by atoms with Crippen LogP contribution in [0.4, 0.5) is 15.8 Å². The number of nitrogen functional groups attached to an aromatic ring is 1. The summed E-state index contributed by atoms with van der Waals surface area (Å²) in [5, 5.41) is 0. The summed E-state index contributed by atoms with van der Waals surface area (Å²) < 4.78 is 18.0. The number of benzene rings is 2. The fourth-order valence-corrected chi connectivity index (χ4v) is 1.96. The Bertz CT molecular complexity index is 555. The molecule has 0 aliphatic rings. The highest BCUT2D eigenvalue weighted by Crippen LogP contribution is 2.27. The lowest BCUT2D eigenvalue weighted by molar-refractivity contribution is 0.415. The van der Waals surface area contributed by atoms with E-state index in [0.717, 1.165) is 17.0 Å². The molecule has 2 rings (SSSR count). The van der Waals surface area contributed by atoms with Crippen LogP contribution in [-0.4, -0.2) is 14.2 Å². The van der Waals surface area contributed by atoms with Crippen LogP contribution in [0.3, 0.4) is 0 Å². The highest BCUT2D eigenvalue weighted by atomic mass is 19.1. The summed E-state index contributed by atoms with van der Waals surface area (Å²) >= 11 is 0. The summed E-state index contributed by atoms with van der Waals surface area (Å²) in [5.74, 6) is 0.506. The van der Waals surface area contributed by atoms with E-state index in [-0.39, 0.29) is 5.82 Å². The van der Waals surface area contributed by atoms with Gasteiger partial charge in [-0.15, -0.1) is 0 Å². The lowest BCUT2D eigenvalue weighted by Gasteiger charge is -2.21. The molecule has 0 saturated carbocycles. The molecule has 0 amide bonds. The van der Waals surface area contributed by atoms with Crippen LogP contribution in [0.15, 0.2) is 42.5 Å². The maximum atomic E-state index is 12.8. The van der Waals surface area contributed by atoms with Gasteiger partial charge in [0, 0.05) is 19.7 Å². The van der Waals surface area contributed by atoms with Crippen LogP contribution in [0, 0.1) is 5.82 Å². The number of hydrogen-bond acceptors (Lipinski definition) is 3. The Morgan fingerprint density at radius 3 is 2.42 bits per heavy atom. The van der Waals surface area contributed by atoms with Crippen LogP contribution in [-0.2, 0) is 6.54 Å². The fourth-order valence-electron chi connectivity index (χ4n) is 1.96. The molecule has 0 fully saturated rings. The molecule has 0 saturated heterocycles. The zero-order valence-electron chi connectivity index (χ0n) is 11.1. The Morgan fingerprint density at radius 2 is 1.84 bits per heavy atom. The zero-order chi connectivity index (χ0) is 13.8. The van der Waals surface area contributed by atoms with Gasteiger partial charge < -0.3 is 15.4 Å². The first-order chi connectivity index (χ1) is 9.10. The number of ether oxygens (including phenoxy) is 1. The van der Waals surface area contributed by atoms with Crippen molar-refractivity contribution >= 4 is 11.4 Å². The first-order valence-corrected chi connectivity index (χ1v) is 5.99. The molecule has 2 N–H and O–H groups in total. The Morgan fingerprint density at radius 1 is 1.16 bits per heavy atom. The Kier molecular flexibility index (Phi) is 3.90. The van der Waals surface area contributed by atoms with Crippen LogP contribution < -0.4 is 15.4 Å². The maximum absolute atomic E-state index is 12.8. The van der Waals surface area contributed by atoms with E-state index in [9.17, 15) is 4.39 Å². The van der Waals surface area contributed by atoms with Gasteiger partial charge in [0.1, 0.15) is 11.6 Å². The minimum Gasteiger partial charge on any atom is -0.497 e. The monoisotopic (exact) mass is 260 g/mol. The molecular weight excluding hydrogens is 243 g/mol. The molecular formula is C15H17FN2O. The van der Waals surface area contributed by atoms with E-state index in [1.807, 2.05) is 24.1 Å². The average Bonchev–Trinajstić information content (AvgIpc) is 2.41. The number of nitrogens with zero attached hydrogens (tertiary/aromatic N) is 1. The molecule has 0 atom stereocenters. The Hall–Kier alpha value is -2.23. The molecule has 100 valence electrons. The number of methoxy groups -OCH3 is 1. The molecule has 19 heavy (non-hydrogen) atoms. The third-order valence-corrected chi connectivity index (χ3v) is 2.98. The molecule has 0 spiro atoms. The summed E-state index contributed by atoms with van der Waals surface area (Å²) in [6, 6.07) is 12.0. The van der Waals surface area contributed by atoms with Gasteiger partial charge in [0.2, 0.25) is 0 Å². The highest BCUT2D eigenvalue weighted by Gasteiger charge is 2.07. The third-order valence-electron chi connectivity index (χ3n) is 2.98. The van der Waals surface area contributed by atoms with E-state index in [4.69, 9.17) is 10.5 Å². The molecule has 0 unspecified atom stereocenters. The van der Waals surface area contributed by atoms with Crippen molar-refractivity contribution < 1.29 is 9.13 Å². The zero-order valence-corrected chi connectivity index (χ0v) is 11.1. The predicted octanol–water partition coefficient (Wildman–Crippen LogP) is 3.05. The van der Waals surface area contributed by atoms with Gasteiger partial charge >= 0.3 is 0 Å². The summed E-state index contributed by atoms with van der Waals surface area (Å²) in [5.41, 5.74) is 8.60. The topological polar surface area (TPSA) is 38.5 Å². The van der Waals surface area contributed by atoms with Gasteiger partial charge in [-0.3, -0.25) is 0 Å². The van der Waals surface area contributed by atoms with Crippen molar-refractivity contribution in [2.45, 2.75) is 6.54 Å². The number of nitrogens with two attached hydrogens (primary N) is 1. The van der Waals surface area contributed by atoms with Gasteiger partial charge in [0.05, 0.1) is 18.5 Å². The van der Waals surface area contributed by atoms with E-state index in [2.05, 4.69) is 0 Å². The van der Waals surface area contributed by atoms with Crippen molar-refractivity contribution in [3.8, 4) is 5.75 Å². The lowest BCUT2D eigenvalue weighted by atomic mass is 10.2. The molecule has 0 heterocycles. The largest absolute Gasteiger partial charge is 0.497 e. The molecule has 0 aliphatic heterocycles. The molecule has 2 aromatic rings. The third kappa shape index (κ3) is 3.16. The summed E-state index contributed by atoms with van der Waals surface area (Å²) in [6.45, 7) is 0.664. The number of anilines is 2. The average molecular weight is 260 g/mol. The minimum atomic E-state index is -0.227. The first-order valence-electron chi connectivity index (χ1n) is 5.99. The van der Waals surface area contributed by atoms with Gasteiger partial charge in [0.15, 0.2) is 0 Å². The van der Waals surface area contributed by atoms with Crippen LogP contribution in [0.25, 0.3) is 0 Å². The number of halogens is 1. The standard InChI is InChI=1S/C15H17FN2O/c1-18(10-11-3-5-12(16)6-4-11)15-8-7-13(19-2)9-14(15)17/h3-9H,10,17H2,1-2H3. The molecule has 0 radical (unpaired) electrons. The Balaban J connectivity index is 2.15. The smallest absolute Gasteiger partial charge is 0.123 e. The fraction of sp³-hybridized carbons (Fsp3) is 0.200. The van der Waals surface area contributed by atoms with Crippen molar-refractivity contribution in [3.05, 3.63) is 53.8 Å². The second-order valence-corrected chi connectivity index (χ2v) is 4.41. The van der Waals surface area contributed by atoms with Crippen molar-refractivity contribution in [2.75, 3.05) is 24.8 Å². The van der Waals surface area contributed by atoms with Gasteiger partial charge in [-0.2, -0.15) is 0 Å².